The molecule has 0 N–H and O–H groups in total. The van der Waals surface area contributed by atoms with Gasteiger partial charge in [-0.3, -0.25) is 0 Å². The van der Waals surface area contributed by atoms with Gasteiger partial charge in [0.25, 0.3) is 0 Å². The second kappa shape index (κ2) is 2.79. The molecular formula is C10H16O3. The van der Waals surface area contributed by atoms with Crippen LogP contribution in [0.2, 0.25) is 0 Å². The Morgan fingerprint density at radius 1 is 1.38 bits per heavy atom. The van der Waals surface area contributed by atoms with E-state index in [1.165, 1.54) is 0 Å². The molecule has 1 saturated carbocycles. The summed E-state index contributed by atoms with van der Waals surface area (Å²) in [5.74, 6) is -0.0485. The third-order valence-electron chi connectivity index (χ3n) is 3.09. The highest BCUT2D eigenvalue weighted by molar-refractivity contribution is 5.55. The van der Waals surface area contributed by atoms with E-state index in [2.05, 4.69) is 6.92 Å². The number of carbonyl (C=O) groups excluding carboxylic acids is 1. The Hall–Kier alpha value is -0.410. The normalized spacial score (nSPS) is 47.6. The molecule has 0 radical (unpaired) electrons. The van der Waals surface area contributed by atoms with Gasteiger partial charge in [0.1, 0.15) is 6.29 Å². The molecule has 2 aliphatic rings. The number of rotatable bonds is 1. The summed E-state index contributed by atoms with van der Waals surface area (Å²) < 4.78 is 11.4. The van der Waals surface area contributed by atoms with E-state index in [9.17, 15) is 4.79 Å². The summed E-state index contributed by atoms with van der Waals surface area (Å²) in [4.78, 5) is 10.7. The molecule has 2 fully saturated rings. The molecule has 1 heterocycles. The highest BCUT2D eigenvalue weighted by atomic mass is 16.8. The van der Waals surface area contributed by atoms with Crippen molar-refractivity contribution in [2.24, 2.45) is 11.8 Å². The van der Waals surface area contributed by atoms with Gasteiger partial charge in [-0.2, -0.15) is 0 Å². The molecule has 74 valence electrons. The van der Waals surface area contributed by atoms with Crippen molar-refractivity contribution in [2.75, 3.05) is 0 Å². The predicted octanol–water partition coefficient (Wildman–Crippen LogP) is 1.36. The summed E-state index contributed by atoms with van der Waals surface area (Å²) >= 11 is 0. The Balaban J connectivity index is 2.11. The van der Waals surface area contributed by atoms with Crippen LogP contribution in [0.5, 0.6) is 0 Å². The summed E-state index contributed by atoms with van der Waals surface area (Å²) in [5.41, 5.74) is 0. The van der Waals surface area contributed by atoms with Crippen LogP contribution in [-0.4, -0.2) is 24.3 Å². The SMILES string of the molecule is C[C@@H]1[C@H]2OC(C)(C)O[C@H]2C[C@@H]1C=O. The van der Waals surface area contributed by atoms with Gasteiger partial charge in [0, 0.05) is 5.92 Å². The predicted molar refractivity (Wildman–Crippen MR) is 47.2 cm³/mol. The minimum absolute atomic E-state index is 0.116. The second-order valence-corrected chi connectivity index (χ2v) is 4.53. The quantitative estimate of drug-likeness (QED) is 0.577. The van der Waals surface area contributed by atoms with Crippen LogP contribution in [0.15, 0.2) is 0 Å². The fourth-order valence-electron chi connectivity index (χ4n) is 2.40. The van der Waals surface area contributed by atoms with Crippen molar-refractivity contribution in [3.05, 3.63) is 0 Å². The Bertz CT molecular complexity index is 224. The van der Waals surface area contributed by atoms with Crippen LogP contribution in [0.4, 0.5) is 0 Å². The van der Waals surface area contributed by atoms with Crippen LogP contribution in [0.3, 0.4) is 0 Å². The first-order valence-corrected chi connectivity index (χ1v) is 4.84. The Labute approximate surface area is 78.4 Å². The lowest BCUT2D eigenvalue weighted by atomic mass is 9.99. The number of hydrogen-bond donors (Lipinski definition) is 0. The lowest BCUT2D eigenvalue weighted by Crippen LogP contribution is -2.26. The molecule has 1 saturated heterocycles. The highest BCUT2D eigenvalue weighted by Crippen LogP contribution is 2.43. The van der Waals surface area contributed by atoms with E-state index < -0.39 is 5.79 Å². The largest absolute Gasteiger partial charge is 0.345 e. The zero-order valence-corrected chi connectivity index (χ0v) is 8.32. The van der Waals surface area contributed by atoms with Crippen molar-refractivity contribution in [3.8, 4) is 0 Å². The zero-order chi connectivity index (χ0) is 9.64. The average molecular weight is 184 g/mol. The number of carbonyl (C=O) groups is 1. The van der Waals surface area contributed by atoms with Crippen LogP contribution in [0, 0.1) is 11.8 Å². The molecular weight excluding hydrogens is 168 g/mol. The molecule has 0 aromatic heterocycles. The Morgan fingerprint density at radius 3 is 2.62 bits per heavy atom. The van der Waals surface area contributed by atoms with Gasteiger partial charge < -0.3 is 14.3 Å². The van der Waals surface area contributed by atoms with Gasteiger partial charge in [0.15, 0.2) is 5.79 Å². The first kappa shape index (κ1) is 9.16. The maximum Gasteiger partial charge on any atom is 0.163 e. The highest BCUT2D eigenvalue weighted by Gasteiger charge is 2.51. The number of fused-ring (bicyclic) bond motifs is 1. The first-order valence-electron chi connectivity index (χ1n) is 4.84. The maximum atomic E-state index is 10.7. The smallest absolute Gasteiger partial charge is 0.163 e. The topological polar surface area (TPSA) is 35.5 Å². The van der Waals surface area contributed by atoms with Gasteiger partial charge in [0.2, 0.25) is 0 Å². The standard InChI is InChI=1S/C10H16O3/c1-6-7(5-11)4-8-9(6)13-10(2,3)12-8/h5-9H,4H2,1-3H3/t6-,7+,8-,9+/m0/s1. The number of hydrogen-bond acceptors (Lipinski definition) is 3. The van der Waals surface area contributed by atoms with Gasteiger partial charge in [-0.05, 0) is 26.2 Å². The van der Waals surface area contributed by atoms with Gasteiger partial charge in [-0.25, -0.2) is 0 Å². The minimum atomic E-state index is -0.461. The molecule has 3 nitrogen and oxygen atoms in total. The van der Waals surface area contributed by atoms with Crippen molar-refractivity contribution in [1.82, 2.24) is 0 Å². The van der Waals surface area contributed by atoms with Crippen LogP contribution in [0.25, 0.3) is 0 Å². The zero-order valence-electron chi connectivity index (χ0n) is 8.32. The van der Waals surface area contributed by atoms with Crippen molar-refractivity contribution < 1.29 is 14.3 Å². The summed E-state index contributed by atoms with van der Waals surface area (Å²) in [7, 11) is 0. The van der Waals surface area contributed by atoms with Gasteiger partial charge in [-0.1, -0.05) is 6.92 Å². The summed E-state index contributed by atoms with van der Waals surface area (Å²) in [6, 6.07) is 0. The van der Waals surface area contributed by atoms with E-state index in [1.54, 1.807) is 0 Å². The number of ether oxygens (including phenoxy) is 2. The van der Waals surface area contributed by atoms with Crippen LogP contribution in [0.1, 0.15) is 27.2 Å². The van der Waals surface area contributed by atoms with Crippen LogP contribution < -0.4 is 0 Å². The molecule has 4 atom stereocenters. The van der Waals surface area contributed by atoms with Gasteiger partial charge >= 0.3 is 0 Å². The molecule has 13 heavy (non-hydrogen) atoms. The van der Waals surface area contributed by atoms with Gasteiger partial charge in [-0.15, -0.1) is 0 Å². The average Bonchev–Trinajstić information content (AvgIpc) is 2.47. The van der Waals surface area contributed by atoms with E-state index in [4.69, 9.17) is 9.47 Å². The molecule has 3 heteroatoms. The third kappa shape index (κ3) is 1.40. The lowest BCUT2D eigenvalue weighted by Gasteiger charge is -2.21. The summed E-state index contributed by atoms with van der Waals surface area (Å²) in [6.07, 6.45) is 2.09. The third-order valence-corrected chi connectivity index (χ3v) is 3.09. The van der Waals surface area contributed by atoms with Crippen LogP contribution >= 0.6 is 0 Å². The molecule has 0 spiro atoms. The van der Waals surface area contributed by atoms with Crippen molar-refractivity contribution in [2.45, 2.75) is 45.2 Å². The molecule has 0 unspecified atom stereocenters. The van der Waals surface area contributed by atoms with Crippen LogP contribution in [-0.2, 0) is 14.3 Å². The van der Waals surface area contributed by atoms with E-state index in [0.29, 0.717) is 5.92 Å². The lowest BCUT2D eigenvalue weighted by molar-refractivity contribution is -0.160. The fourth-order valence-corrected chi connectivity index (χ4v) is 2.40. The molecule has 1 aliphatic heterocycles. The monoisotopic (exact) mass is 184 g/mol. The van der Waals surface area contributed by atoms with E-state index in [-0.39, 0.29) is 18.1 Å². The minimum Gasteiger partial charge on any atom is -0.345 e. The summed E-state index contributed by atoms with van der Waals surface area (Å²) in [6.45, 7) is 5.91. The molecule has 1 aliphatic carbocycles. The molecule has 0 amide bonds. The summed E-state index contributed by atoms with van der Waals surface area (Å²) in [5, 5.41) is 0. The van der Waals surface area contributed by atoms with Crippen molar-refractivity contribution in [3.63, 3.8) is 0 Å². The number of aldehydes is 1. The molecule has 2 rings (SSSR count). The van der Waals surface area contributed by atoms with E-state index in [1.807, 2.05) is 13.8 Å². The second-order valence-electron chi connectivity index (χ2n) is 4.53. The van der Waals surface area contributed by atoms with Gasteiger partial charge in [0.05, 0.1) is 12.2 Å². The van der Waals surface area contributed by atoms with Crippen molar-refractivity contribution in [1.29, 1.82) is 0 Å². The fraction of sp³-hybridized carbons (Fsp3) is 0.900. The van der Waals surface area contributed by atoms with E-state index in [0.717, 1.165) is 12.7 Å². The first-order chi connectivity index (χ1) is 6.03. The molecule has 0 aromatic carbocycles. The molecule has 0 bridgehead atoms. The molecule has 0 aromatic rings. The Kier molecular flexibility index (Phi) is 1.96. The Morgan fingerprint density at radius 2 is 2.08 bits per heavy atom. The maximum absolute atomic E-state index is 10.7. The van der Waals surface area contributed by atoms with E-state index >= 15 is 0 Å². The van der Waals surface area contributed by atoms with Crippen molar-refractivity contribution >= 4 is 6.29 Å².